The number of hydrogen-bond acceptors (Lipinski definition) is 6. The van der Waals surface area contributed by atoms with Gasteiger partial charge >= 0.3 is 0 Å². The van der Waals surface area contributed by atoms with Gasteiger partial charge in [-0.1, -0.05) is 12.1 Å². The van der Waals surface area contributed by atoms with E-state index in [1.807, 2.05) is 44.0 Å². The minimum absolute atomic E-state index is 0.0356. The lowest BCUT2D eigenvalue weighted by molar-refractivity contribution is 0.0319. The van der Waals surface area contributed by atoms with Gasteiger partial charge in [-0.2, -0.15) is 0 Å². The third kappa shape index (κ3) is 4.34. The lowest BCUT2D eigenvalue weighted by Gasteiger charge is -2.30. The van der Waals surface area contributed by atoms with E-state index in [2.05, 4.69) is 20.5 Å². The molecule has 29 heavy (non-hydrogen) atoms. The number of hydrogen-bond donors (Lipinski definition) is 0. The fourth-order valence-corrected chi connectivity index (χ4v) is 4.61. The van der Waals surface area contributed by atoms with E-state index in [1.54, 1.807) is 0 Å². The molecule has 1 fully saturated rings. The second-order valence-corrected chi connectivity index (χ2v) is 8.61. The highest BCUT2D eigenvalue weighted by Gasteiger charge is 2.24. The average molecular weight is 414 g/mol. The third-order valence-corrected chi connectivity index (χ3v) is 6.45. The van der Waals surface area contributed by atoms with E-state index < -0.39 is 0 Å². The third-order valence-electron chi connectivity index (χ3n) is 5.39. The first-order valence-electron chi connectivity index (χ1n) is 9.96. The molecule has 0 aliphatic carbocycles. The molecule has 1 saturated heterocycles. The molecule has 1 aliphatic heterocycles. The minimum Gasteiger partial charge on any atom is -0.379 e. The Morgan fingerprint density at radius 3 is 2.66 bits per heavy atom. The Hall–Kier alpha value is -2.29. The van der Waals surface area contributed by atoms with Crippen LogP contribution in [0.5, 0.6) is 0 Å². The van der Waals surface area contributed by atoms with Crippen molar-refractivity contribution in [3.63, 3.8) is 0 Å². The molecule has 7 nitrogen and oxygen atoms in total. The van der Waals surface area contributed by atoms with Gasteiger partial charge in [-0.3, -0.25) is 9.69 Å². The van der Waals surface area contributed by atoms with Crippen molar-refractivity contribution >= 4 is 28.3 Å². The van der Waals surface area contributed by atoms with Crippen molar-refractivity contribution in [2.75, 3.05) is 39.4 Å². The van der Waals surface area contributed by atoms with Crippen molar-refractivity contribution in [2.45, 2.75) is 20.4 Å². The maximum absolute atomic E-state index is 13.4. The van der Waals surface area contributed by atoms with Crippen molar-refractivity contribution in [3.05, 3.63) is 45.7 Å². The van der Waals surface area contributed by atoms with Crippen LogP contribution in [0.3, 0.4) is 0 Å². The first kappa shape index (κ1) is 20.0. The Kier molecular flexibility index (Phi) is 5.94. The van der Waals surface area contributed by atoms with Gasteiger partial charge in [-0.05, 0) is 26.0 Å². The van der Waals surface area contributed by atoms with Crippen molar-refractivity contribution in [1.82, 2.24) is 24.3 Å². The molecule has 0 unspecified atom stereocenters. The highest BCUT2D eigenvalue weighted by atomic mass is 32.1. The molecule has 1 aromatic carbocycles. The monoisotopic (exact) mass is 413 g/mol. The molecule has 0 radical (unpaired) electrons. The van der Waals surface area contributed by atoms with Crippen LogP contribution < -0.4 is 0 Å². The summed E-state index contributed by atoms with van der Waals surface area (Å²) in [5.74, 6) is 0.925. The molecule has 0 atom stereocenters. The molecule has 0 saturated carbocycles. The number of nitrogens with zero attached hydrogens (tertiary/aromatic N) is 5. The number of aryl methyl sites for hydroxylation is 3. The van der Waals surface area contributed by atoms with Crippen LogP contribution in [0.4, 0.5) is 0 Å². The number of aromatic nitrogens is 3. The number of amides is 1. The lowest BCUT2D eigenvalue weighted by atomic mass is 10.3. The van der Waals surface area contributed by atoms with Gasteiger partial charge in [0.15, 0.2) is 0 Å². The molecule has 0 N–H and O–H groups in total. The SMILES string of the molecule is Cc1nc(C)c(C(=O)N(CCN2CCOCC2)Cc2nc3ccccc3n2C)s1. The zero-order chi connectivity index (χ0) is 20.4. The van der Waals surface area contributed by atoms with Gasteiger partial charge in [-0.25, -0.2) is 9.97 Å². The van der Waals surface area contributed by atoms with Crippen molar-refractivity contribution in [1.29, 1.82) is 0 Å². The standard InChI is InChI=1S/C21H27N5O2S/c1-15-20(29-16(2)22-15)21(27)26(9-8-25-10-12-28-13-11-25)14-19-23-17-6-4-5-7-18(17)24(19)3/h4-7H,8-14H2,1-3H3. The molecule has 1 aliphatic rings. The van der Waals surface area contributed by atoms with Crippen molar-refractivity contribution in [2.24, 2.45) is 7.05 Å². The molecule has 2 aromatic heterocycles. The summed E-state index contributed by atoms with van der Waals surface area (Å²) in [5, 5.41) is 0.918. The minimum atomic E-state index is 0.0356. The van der Waals surface area contributed by atoms with Crippen LogP contribution in [0.15, 0.2) is 24.3 Å². The first-order valence-corrected chi connectivity index (χ1v) is 10.8. The van der Waals surface area contributed by atoms with E-state index in [0.717, 1.165) is 65.3 Å². The van der Waals surface area contributed by atoms with Crippen molar-refractivity contribution in [3.8, 4) is 0 Å². The molecule has 0 spiro atoms. The number of imidazole rings is 1. The second kappa shape index (κ2) is 8.61. The van der Waals surface area contributed by atoms with Crippen LogP contribution in [0.2, 0.25) is 0 Å². The fraction of sp³-hybridized carbons (Fsp3) is 0.476. The number of fused-ring (bicyclic) bond motifs is 1. The van der Waals surface area contributed by atoms with Gasteiger partial charge in [0.2, 0.25) is 0 Å². The second-order valence-electron chi connectivity index (χ2n) is 7.40. The highest BCUT2D eigenvalue weighted by Crippen LogP contribution is 2.21. The van der Waals surface area contributed by atoms with Crippen LogP contribution in [0, 0.1) is 13.8 Å². The number of rotatable bonds is 6. The van der Waals surface area contributed by atoms with E-state index >= 15 is 0 Å². The Morgan fingerprint density at radius 2 is 1.97 bits per heavy atom. The Bertz CT molecular complexity index is 1010. The van der Waals surface area contributed by atoms with Gasteiger partial charge in [0.05, 0.1) is 41.5 Å². The van der Waals surface area contributed by atoms with Crippen LogP contribution in [-0.2, 0) is 18.3 Å². The van der Waals surface area contributed by atoms with Crippen LogP contribution in [0.1, 0.15) is 26.2 Å². The average Bonchev–Trinajstić information content (AvgIpc) is 3.24. The van der Waals surface area contributed by atoms with E-state index in [0.29, 0.717) is 13.1 Å². The summed E-state index contributed by atoms with van der Waals surface area (Å²) in [5.41, 5.74) is 2.84. The number of carbonyl (C=O) groups excluding carboxylic acids is 1. The van der Waals surface area contributed by atoms with Gasteiger partial charge in [0.25, 0.3) is 5.91 Å². The van der Waals surface area contributed by atoms with Gasteiger partial charge in [0, 0.05) is 33.2 Å². The summed E-state index contributed by atoms with van der Waals surface area (Å²) in [6.45, 7) is 9.14. The predicted octanol–water partition coefficient (Wildman–Crippen LogP) is 2.62. The Balaban J connectivity index is 1.58. The Labute approximate surface area is 174 Å². The number of thiazole rings is 1. The highest BCUT2D eigenvalue weighted by molar-refractivity contribution is 7.13. The molecule has 4 rings (SSSR count). The molecule has 8 heteroatoms. The van der Waals surface area contributed by atoms with Gasteiger partial charge < -0.3 is 14.2 Å². The quantitative estimate of drug-likeness (QED) is 0.622. The summed E-state index contributed by atoms with van der Waals surface area (Å²) in [4.78, 5) is 27.6. The largest absolute Gasteiger partial charge is 0.379 e. The van der Waals surface area contributed by atoms with E-state index in [4.69, 9.17) is 9.72 Å². The maximum Gasteiger partial charge on any atom is 0.266 e. The van der Waals surface area contributed by atoms with E-state index in [-0.39, 0.29) is 5.91 Å². The number of carbonyl (C=O) groups is 1. The molecule has 1 amide bonds. The number of para-hydroxylation sites is 2. The summed E-state index contributed by atoms with van der Waals surface area (Å²) >= 11 is 1.47. The normalized spacial score (nSPS) is 15.1. The predicted molar refractivity (Wildman–Crippen MR) is 114 cm³/mol. The van der Waals surface area contributed by atoms with Crippen LogP contribution >= 0.6 is 11.3 Å². The van der Waals surface area contributed by atoms with Crippen LogP contribution in [-0.4, -0.2) is 69.6 Å². The van der Waals surface area contributed by atoms with Gasteiger partial charge in [-0.15, -0.1) is 11.3 Å². The zero-order valence-electron chi connectivity index (χ0n) is 17.2. The van der Waals surface area contributed by atoms with E-state index in [9.17, 15) is 4.79 Å². The van der Waals surface area contributed by atoms with Gasteiger partial charge in [0.1, 0.15) is 10.7 Å². The van der Waals surface area contributed by atoms with Crippen molar-refractivity contribution < 1.29 is 9.53 Å². The Morgan fingerprint density at radius 1 is 1.21 bits per heavy atom. The molecule has 0 bridgehead atoms. The van der Waals surface area contributed by atoms with Crippen LogP contribution in [0.25, 0.3) is 11.0 Å². The smallest absolute Gasteiger partial charge is 0.266 e. The fourth-order valence-electron chi connectivity index (χ4n) is 3.72. The summed E-state index contributed by atoms with van der Waals surface area (Å²) in [6, 6.07) is 8.07. The molecule has 154 valence electrons. The topological polar surface area (TPSA) is 63.5 Å². The zero-order valence-corrected chi connectivity index (χ0v) is 18.0. The lowest BCUT2D eigenvalue weighted by Crippen LogP contribution is -2.43. The van der Waals surface area contributed by atoms with E-state index in [1.165, 1.54) is 11.3 Å². The maximum atomic E-state index is 13.4. The summed E-state index contributed by atoms with van der Waals surface area (Å²) in [7, 11) is 2.01. The number of morpholine rings is 1. The molecular weight excluding hydrogens is 386 g/mol. The summed E-state index contributed by atoms with van der Waals surface area (Å²) in [6.07, 6.45) is 0. The number of ether oxygens (including phenoxy) is 1. The molecule has 3 aromatic rings. The number of benzene rings is 1. The summed E-state index contributed by atoms with van der Waals surface area (Å²) < 4.78 is 7.52. The first-order chi connectivity index (χ1) is 14.0. The molecule has 3 heterocycles. The molecular formula is C21H27N5O2S.